The van der Waals surface area contributed by atoms with Gasteiger partial charge in [0.1, 0.15) is 29.3 Å². The summed E-state index contributed by atoms with van der Waals surface area (Å²) >= 11 is 0. The minimum absolute atomic E-state index is 0.0593. The van der Waals surface area contributed by atoms with Gasteiger partial charge in [0.2, 0.25) is 0 Å². The first kappa shape index (κ1) is 33.1. The number of rotatable bonds is 11. The Bertz CT molecular complexity index is 2040. The summed E-state index contributed by atoms with van der Waals surface area (Å²) < 4.78 is 73.2. The maximum atomic E-state index is 13.0. The smallest absolute Gasteiger partial charge is 0.453 e. The van der Waals surface area contributed by atoms with E-state index in [1.54, 1.807) is 0 Å². The molecule has 242 valence electrons. The van der Waals surface area contributed by atoms with Crippen LogP contribution in [-0.4, -0.2) is 55.4 Å². The molecule has 3 aliphatic rings. The lowest BCUT2D eigenvalue weighted by molar-refractivity contribution is -0.0450. The number of hydrogen-bond donors (Lipinski definition) is 4. The molecule has 1 aromatic carbocycles. The Hall–Kier alpha value is -3.31. The van der Waals surface area contributed by atoms with Crippen LogP contribution in [0.1, 0.15) is 18.2 Å². The average molecular weight is 691 g/mol. The average Bonchev–Trinajstić information content (AvgIpc) is 3.31. The number of nitrogens with zero attached hydrogens (tertiary/aromatic N) is 2. The summed E-state index contributed by atoms with van der Waals surface area (Å²) in [7, 11) is -15.4. The Balaban J connectivity index is 1.23. The highest BCUT2D eigenvalue weighted by atomic mass is 31.3. The number of aromatic amines is 1. The molecule has 1 fully saturated rings. The van der Waals surface area contributed by atoms with E-state index in [-0.39, 0.29) is 34.5 Å². The number of ether oxygens (including phenoxy) is 1. The first-order chi connectivity index (χ1) is 21.1. The van der Waals surface area contributed by atoms with Gasteiger partial charge >= 0.3 is 29.2 Å². The van der Waals surface area contributed by atoms with Crippen LogP contribution in [0.5, 0.6) is 5.75 Å². The lowest BCUT2D eigenvalue weighted by atomic mass is 10.2. The van der Waals surface area contributed by atoms with E-state index in [1.165, 1.54) is 49.5 Å². The van der Waals surface area contributed by atoms with Gasteiger partial charge in [-0.3, -0.25) is 28.2 Å². The number of nitrogens with one attached hydrogen (secondary N) is 1. The van der Waals surface area contributed by atoms with Crippen molar-refractivity contribution < 1.29 is 59.9 Å². The number of aromatic nitrogens is 3. The zero-order chi connectivity index (χ0) is 32.7. The molecule has 0 radical (unpaired) electrons. The number of aryl methyl sites for hydroxylation is 1. The fraction of sp³-hybridized carbons (Fsp3) is 0.304. The van der Waals surface area contributed by atoms with Crippen LogP contribution in [0, 0.1) is 6.92 Å². The molecule has 3 heterocycles. The van der Waals surface area contributed by atoms with Crippen LogP contribution >= 0.6 is 23.5 Å². The molecule has 1 aliphatic carbocycles. The summed E-state index contributed by atoms with van der Waals surface area (Å²) in [5.41, 5.74) is -0.866. The summed E-state index contributed by atoms with van der Waals surface area (Å²) in [6.07, 6.45) is -2.73. The fourth-order valence-electron chi connectivity index (χ4n) is 4.16. The third-order valence-electron chi connectivity index (χ3n) is 6.24. The second-order valence-electron chi connectivity index (χ2n) is 9.50. The van der Waals surface area contributed by atoms with Crippen LogP contribution in [0.3, 0.4) is 0 Å². The van der Waals surface area contributed by atoms with Crippen molar-refractivity contribution in [3.05, 3.63) is 79.2 Å². The van der Waals surface area contributed by atoms with Crippen molar-refractivity contribution in [3.63, 3.8) is 0 Å². The SMILES string of the molecule is COP(=O)(Oc1ccc2nc3ccc(=O)cc-3oc2c1)OP(=O)(O)OP(=O)(O)OCC1OC(n2cc(C)c(=O)[nH]c2=O)CC1O. The summed E-state index contributed by atoms with van der Waals surface area (Å²) in [4.78, 5) is 61.8. The van der Waals surface area contributed by atoms with Crippen LogP contribution in [0.15, 0.2) is 61.4 Å². The zero-order valence-electron chi connectivity index (χ0n) is 23.1. The number of H-pyrrole nitrogens is 1. The van der Waals surface area contributed by atoms with Gasteiger partial charge in [-0.05, 0) is 31.2 Å². The highest BCUT2D eigenvalue weighted by Crippen LogP contribution is 2.69. The van der Waals surface area contributed by atoms with Gasteiger partial charge < -0.3 is 28.6 Å². The van der Waals surface area contributed by atoms with E-state index in [4.69, 9.17) is 13.7 Å². The molecule has 5 rings (SSSR count). The van der Waals surface area contributed by atoms with Crippen molar-refractivity contribution in [2.24, 2.45) is 0 Å². The van der Waals surface area contributed by atoms with Gasteiger partial charge in [-0.15, -0.1) is 0 Å². The van der Waals surface area contributed by atoms with Gasteiger partial charge in [0, 0.05) is 37.4 Å². The predicted molar refractivity (Wildman–Crippen MR) is 151 cm³/mol. The van der Waals surface area contributed by atoms with Crippen LogP contribution in [0.2, 0.25) is 0 Å². The molecule has 6 unspecified atom stereocenters. The van der Waals surface area contributed by atoms with Crippen molar-refractivity contribution in [1.29, 1.82) is 0 Å². The number of aliphatic hydroxyl groups is 1. The van der Waals surface area contributed by atoms with Gasteiger partial charge in [-0.25, -0.2) is 23.5 Å². The summed E-state index contributed by atoms with van der Waals surface area (Å²) in [6.45, 7) is 0.558. The maximum Gasteiger partial charge on any atom is 0.538 e. The Kier molecular flexibility index (Phi) is 9.16. The van der Waals surface area contributed by atoms with Crippen LogP contribution in [0.25, 0.3) is 22.6 Å². The van der Waals surface area contributed by atoms with Crippen molar-refractivity contribution in [2.45, 2.75) is 31.8 Å². The van der Waals surface area contributed by atoms with Crippen molar-refractivity contribution in [2.75, 3.05) is 13.7 Å². The fourth-order valence-corrected chi connectivity index (χ4v) is 7.97. The number of benzene rings is 2. The molecule has 0 saturated carbocycles. The highest BCUT2D eigenvalue weighted by Gasteiger charge is 2.45. The molecule has 2 aliphatic heterocycles. The highest BCUT2D eigenvalue weighted by molar-refractivity contribution is 7.67. The predicted octanol–water partition coefficient (Wildman–Crippen LogP) is 2.18. The van der Waals surface area contributed by atoms with Crippen LogP contribution < -0.4 is 21.2 Å². The first-order valence-corrected chi connectivity index (χ1v) is 17.1. The van der Waals surface area contributed by atoms with Crippen molar-refractivity contribution >= 4 is 34.6 Å². The Labute approximate surface area is 251 Å². The van der Waals surface area contributed by atoms with Gasteiger partial charge in [0.25, 0.3) is 5.56 Å². The number of hydrogen-bond acceptors (Lipinski definition) is 15. The van der Waals surface area contributed by atoms with E-state index in [1.807, 2.05) is 0 Å². The van der Waals surface area contributed by atoms with E-state index < -0.39 is 59.8 Å². The quantitative estimate of drug-likeness (QED) is 0.130. The van der Waals surface area contributed by atoms with Crippen molar-refractivity contribution in [3.8, 4) is 17.2 Å². The number of phosphoric acid groups is 3. The second-order valence-corrected chi connectivity index (χ2v) is 14.4. The largest absolute Gasteiger partial charge is 0.538 e. The zero-order valence-corrected chi connectivity index (χ0v) is 25.8. The molecular formula is C23H24N3O16P3. The molecule has 1 saturated heterocycles. The molecule has 1 aromatic heterocycles. The molecule has 6 atom stereocenters. The van der Waals surface area contributed by atoms with Gasteiger partial charge in [0.15, 0.2) is 16.8 Å². The minimum Gasteiger partial charge on any atom is -0.453 e. The third kappa shape index (κ3) is 7.74. The number of phosphoric ester groups is 2. The van der Waals surface area contributed by atoms with Crippen LogP contribution in [0.4, 0.5) is 0 Å². The van der Waals surface area contributed by atoms with E-state index in [9.17, 15) is 43.0 Å². The molecule has 0 amide bonds. The van der Waals surface area contributed by atoms with Gasteiger partial charge in [0.05, 0.1) is 12.7 Å². The molecule has 19 nitrogen and oxygen atoms in total. The molecule has 0 spiro atoms. The lowest BCUT2D eigenvalue weighted by Gasteiger charge is -2.21. The molecule has 22 heteroatoms. The van der Waals surface area contributed by atoms with Crippen LogP contribution in [-0.2, 0) is 36.1 Å². The second kappa shape index (κ2) is 12.5. The standard InChI is InChI=1S/C23H24N3O16P3/c1-12-10-26(23(30)25-22(12)29)21-9-17(28)20(39-21)11-37-43(31,32)41-44(33,34)42-45(35,36-2)40-14-4-6-16-19(8-14)38-18-7-13(27)3-5-15(18)24-16/h3-8,10,17,20-21,28H,9,11H2,1-2H3,(H,31,32)(H,33,34)(H,25,29,30). The maximum absolute atomic E-state index is 13.0. The number of fused-ring (bicyclic) bond motifs is 2. The van der Waals surface area contributed by atoms with E-state index in [2.05, 4.69) is 27.6 Å². The lowest BCUT2D eigenvalue weighted by Crippen LogP contribution is -2.33. The van der Waals surface area contributed by atoms with Crippen molar-refractivity contribution in [1.82, 2.24) is 14.5 Å². The Morgan fingerprint density at radius 3 is 2.56 bits per heavy atom. The Morgan fingerprint density at radius 2 is 1.82 bits per heavy atom. The topological polar surface area (TPSA) is 265 Å². The molecule has 0 bridgehead atoms. The third-order valence-corrected chi connectivity index (χ3v) is 10.9. The number of aliphatic hydroxyl groups excluding tert-OH is 1. The summed E-state index contributed by atoms with van der Waals surface area (Å²) in [5.74, 6) is -0.144. The molecule has 45 heavy (non-hydrogen) atoms. The van der Waals surface area contributed by atoms with E-state index in [0.717, 1.165) is 11.7 Å². The monoisotopic (exact) mass is 691 g/mol. The molecular weight excluding hydrogens is 667 g/mol. The summed E-state index contributed by atoms with van der Waals surface area (Å²) in [5, 5.41) is 10.3. The van der Waals surface area contributed by atoms with E-state index in [0.29, 0.717) is 11.2 Å². The summed E-state index contributed by atoms with van der Waals surface area (Å²) in [6, 6.07) is 7.73. The molecule has 4 N–H and O–H groups in total. The normalized spacial score (nSPS) is 22.6. The van der Waals surface area contributed by atoms with E-state index >= 15 is 0 Å². The minimum atomic E-state index is -5.73. The van der Waals surface area contributed by atoms with Gasteiger partial charge in [-0.1, -0.05) is 0 Å². The Morgan fingerprint density at radius 1 is 1.07 bits per heavy atom. The first-order valence-electron chi connectivity index (χ1n) is 12.6. The molecule has 2 aromatic rings. The van der Waals surface area contributed by atoms with Gasteiger partial charge in [-0.2, -0.15) is 8.62 Å².